The van der Waals surface area contributed by atoms with Crippen molar-refractivity contribution in [2.24, 2.45) is 12.8 Å². The van der Waals surface area contributed by atoms with Crippen LogP contribution in [-0.2, 0) is 7.05 Å². The summed E-state index contributed by atoms with van der Waals surface area (Å²) < 4.78 is 12.4. The first-order chi connectivity index (χ1) is 12.9. The largest absolute Gasteiger partial charge is 0.425 e. The molecular formula is C18H14N4O5. The van der Waals surface area contributed by atoms with Crippen LogP contribution in [0.1, 0.15) is 26.7 Å². The number of hydrogen-bond acceptors (Lipinski definition) is 6. The number of aromatic nitrogens is 2. The summed E-state index contributed by atoms with van der Waals surface area (Å²) in [6.07, 6.45) is 0. The Morgan fingerprint density at radius 3 is 2.67 bits per heavy atom. The van der Waals surface area contributed by atoms with Gasteiger partial charge in [-0.05, 0) is 19.1 Å². The second kappa shape index (κ2) is 5.84. The Balaban J connectivity index is 1.78. The van der Waals surface area contributed by atoms with Crippen LogP contribution in [0.15, 0.2) is 44.0 Å². The molecule has 0 bridgehead atoms. The van der Waals surface area contributed by atoms with Gasteiger partial charge in [-0.15, -0.1) is 0 Å². The zero-order valence-corrected chi connectivity index (χ0v) is 14.4. The number of carbonyl (C=O) groups excluding carboxylic acids is 2. The number of para-hydroxylation sites is 1. The molecular weight excluding hydrogens is 352 g/mol. The van der Waals surface area contributed by atoms with Gasteiger partial charge in [0.1, 0.15) is 11.0 Å². The monoisotopic (exact) mass is 366 g/mol. The van der Waals surface area contributed by atoms with Gasteiger partial charge in [-0.3, -0.25) is 19.1 Å². The molecule has 0 fully saturated rings. The highest BCUT2D eigenvalue weighted by atomic mass is 16.5. The predicted molar refractivity (Wildman–Crippen MR) is 96.7 cm³/mol. The first kappa shape index (κ1) is 16.6. The summed E-state index contributed by atoms with van der Waals surface area (Å²) in [6.45, 7) is 1.67. The molecule has 0 aliphatic carbocycles. The molecule has 4 aromatic rings. The number of primary amides is 1. The number of nitrogens with two attached hydrogens (primary N) is 1. The van der Waals surface area contributed by atoms with E-state index in [0.717, 1.165) is 0 Å². The Morgan fingerprint density at radius 2 is 1.93 bits per heavy atom. The fourth-order valence-electron chi connectivity index (χ4n) is 2.81. The molecule has 4 rings (SSSR count). The van der Waals surface area contributed by atoms with Crippen LogP contribution < -0.4 is 16.5 Å². The van der Waals surface area contributed by atoms with Gasteiger partial charge in [0.15, 0.2) is 11.5 Å². The molecule has 0 radical (unpaired) electrons. The third-order valence-electron chi connectivity index (χ3n) is 4.31. The molecule has 0 atom stereocenters. The lowest BCUT2D eigenvalue weighted by molar-refractivity contribution is 0.0995. The van der Waals surface area contributed by atoms with Crippen molar-refractivity contribution < 1.29 is 18.4 Å². The molecule has 0 unspecified atom stereocenters. The maximum absolute atomic E-state index is 12.6. The number of carbonyl (C=O) groups is 2. The van der Waals surface area contributed by atoms with E-state index < -0.39 is 11.8 Å². The molecule has 0 aliphatic heterocycles. The van der Waals surface area contributed by atoms with E-state index in [0.29, 0.717) is 16.7 Å². The lowest BCUT2D eigenvalue weighted by atomic mass is 10.2. The normalized spacial score (nSPS) is 11.2. The molecule has 0 spiro atoms. The van der Waals surface area contributed by atoms with Crippen molar-refractivity contribution >= 4 is 39.6 Å². The van der Waals surface area contributed by atoms with Gasteiger partial charge in [0.2, 0.25) is 5.43 Å². The van der Waals surface area contributed by atoms with Crippen LogP contribution in [0.3, 0.4) is 0 Å². The Labute approximate surface area is 151 Å². The van der Waals surface area contributed by atoms with Crippen LogP contribution in [0.2, 0.25) is 0 Å². The van der Waals surface area contributed by atoms with E-state index in [9.17, 15) is 14.4 Å². The summed E-state index contributed by atoms with van der Waals surface area (Å²) in [5.41, 5.74) is 6.01. The standard InChI is InChI=1S/C18H14N4O5/c1-8-13(14(16(19)24)21-22(8)2)20-17(25)12-7-10-15(23)9-5-3-4-6-11(9)26-18(10)27-12/h3-7H,1-2H3,(H2,19,24)(H,20,25). The number of nitrogens with zero attached hydrogens (tertiary/aromatic N) is 2. The quantitative estimate of drug-likeness (QED) is 0.569. The van der Waals surface area contributed by atoms with Gasteiger partial charge in [0, 0.05) is 13.1 Å². The van der Waals surface area contributed by atoms with Crippen LogP contribution >= 0.6 is 0 Å². The number of anilines is 1. The van der Waals surface area contributed by atoms with E-state index >= 15 is 0 Å². The van der Waals surface area contributed by atoms with Gasteiger partial charge >= 0.3 is 5.78 Å². The van der Waals surface area contributed by atoms with E-state index in [-0.39, 0.29) is 33.7 Å². The number of benzene rings is 1. The molecule has 0 saturated carbocycles. The average molecular weight is 366 g/mol. The van der Waals surface area contributed by atoms with Gasteiger partial charge in [-0.1, -0.05) is 12.1 Å². The number of rotatable bonds is 3. The van der Waals surface area contributed by atoms with E-state index in [1.165, 1.54) is 10.7 Å². The van der Waals surface area contributed by atoms with Crippen LogP contribution in [0.4, 0.5) is 5.69 Å². The fraction of sp³-hybridized carbons (Fsp3) is 0.111. The average Bonchev–Trinajstić information content (AvgIpc) is 3.19. The number of fused-ring (bicyclic) bond motifs is 2. The Hall–Kier alpha value is -3.88. The maximum atomic E-state index is 12.6. The summed E-state index contributed by atoms with van der Waals surface area (Å²) in [6, 6.07) is 8.01. The molecule has 9 nitrogen and oxygen atoms in total. The molecule has 136 valence electrons. The highest BCUT2D eigenvalue weighted by molar-refractivity contribution is 6.08. The van der Waals surface area contributed by atoms with E-state index in [2.05, 4.69) is 10.4 Å². The molecule has 0 aliphatic rings. The van der Waals surface area contributed by atoms with Crippen molar-refractivity contribution in [1.82, 2.24) is 9.78 Å². The van der Waals surface area contributed by atoms with Crippen molar-refractivity contribution in [2.45, 2.75) is 6.92 Å². The smallest absolute Gasteiger partial charge is 0.302 e. The molecule has 3 heterocycles. The van der Waals surface area contributed by atoms with Crippen molar-refractivity contribution in [3.05, 3.63) is 57.7 Å². The molecule has 1 aromatic carbocycles. The van der Waals surface area contributed by atoms with Crippen LogP contribution in [0, 0.1) is 6.92 Å². The van der Waals surface area contributed by atoms with Crippen molar-refractivity contribution in [3.63, 3.8) is 0 Å². The minimum absolute atomic E-state index is 0.0538. The zero-order chi connectivity index (χ0) is 19.3. The van der Waals surface area contributed by atoms with Gasteiger partial charge < -0.3 is 19.9 Å². The van der Waals surface area contributed by atoms with Gasteiger partial charge in [0.05, 0.1) is 16.8 Å². The second-order valence-electron chi connectivity index (χ2n) is 5.99. The Bertz CT molecular complexity index is 1290. The first-order valence-corrected chi connectivity index (χ1v) is 7.97. The maximum Gasteiger partial charge on any atom is 0.302 e. The van der Waals surface area contributed by atoms with Gasteiger partial charge in [0.25, 0.3) is 11.8 Å². The summed E-state index contributed by atoms with van der Waals surface area (Å²) >= 11 is 0. The molecule has 3 aromatic heterocycles. The molecule has 27 heavy (non-hydrogen) atoms. The number of aryl methyl sites for hydroxylation is 1. The summed E-state index contributed by atoms with van der Waals surface area (Å²) in [5, 5.41) is 7.07. The molecule has 2 amide bonds. The lowest BCUT2D eigenvalue weighted by Gasteiger charge is -2.03. The predicted octanol–water partition coefficient (Wildman–Crippen LogP) is 1.93. The third-order valence-corrected chi connectivity index (χ3v) is 4.31. The van der Waals surface area contributed by atoms with Gasteiger partial charge in [-0.2, -0.15) is 5.10 Å². The summed E-state index contributed by atoms with van der Waals surface area (Å²) in [4.78, 5) is 36.7. The highest BCUT2D eigenvalue weighted by Gasteiger charge is 2.23. The minimum Gasteiger partial charge on any atom is -0.425 e. The van der Waals surface area contributed by atoms with Crippen molar-refractivity contribution in [1.29, 1.82) is 0 Å². The first-order valence-electron chi connectivity index (χ1n) is 7.97. The number of amides is 2. The lowest BCUT2D eigenvalue weighted by Crippen LogP contribution is -2.18. The topological polar surface area (TPSA) is 133 Å². The van der Waals surface area contributed by atoms with Gasteiger partial charge in [-0.25, -0.2) is 0 Å². The zero-order valence-electron chi connectivity index (χ0n) is 14.4. The summed E-state index contributed by atoms with van der Waals surface area (Å²) in [5.74, 6) is -1.63. The van der Waals surface area contributed by atoms with Crippen molar-refractivity contribution in [3.8, 4) is 0 Å². The minimum atomic E-state index is -0.776. The number of hydrogen-bond donors (Lipinski definition) is 2. The Kier molecular flexibility index (Phi) is 3.58. The highest BCUT2D eigenvalue weighted by Crippen LogP contribution is 2.24. The van der Waals surface area contributed by atoms with Crippen LogP contribution in [0.5, 0.6) is 0 Å². The second-order valence-corrected chi connectivity index (χ2v) is 5.99. The SMILES string of the molecule is Cc1c(NC(=O)c2cc3c(=O)c4ccccc4oc3o2)c(C(N)=O)nn1C. The number of furan rings is 1. The summed E-state index contributed by atoms with van der Waals surface area (Å²) in [7, 11) is 1.62. The van der Waals surface area contributed by atoms with Crippen molar-refractivity contribution in [2.75, 3.05) is 5.32 Å². The number of nitrogens with one attached hydrogen (secondary N) is 1. The molecule has 9 heteroatoms. The third kappa shape index (κ3) is 2.56. The fourth-order valence-corrected chi connectivity index (χ4v) is 2.81. The van der Waals surface area contributed by atoms with Crippen LogP contribution in [0.25, 0.3) is 22.1 Å². The van der Waals surface area contributed by atoms with E-state index in [1.54, 1.807) is 38.2 Å². The molecule has 3 N–H and O–H groups in total. The van der Waals surface area contributed by atoms with E-state index in [1.807, 2.05) is 0 Å². The van der Waals surface area contributed by atoms with Crippen LogP contribution in [-0.4, -0.2) is 21.6 Å². The van der Waals surface area contributed by atoms with E-state index in [4.69, 9.17) is 14.6 Å². The molecule has 0 saturated heterocycles. The Morgan fingerprint density at radius 1 is 1.19 bits per heavy atom.